The number of hydrogen-bond acceptors (Lipinski definition) is 4. The molecule has 0 unspecified atom stereocenters. The lowest BCUT2D eigenvalue weighted by Gasteiger charge is -2.25. The molecule has 0 amide bonds. The highest BCUT2D eigenvalue weighted by Crippen LogP contribution is 2.29. The standard InChI is InChI=1S/C10H17ClN2O2/c1-4-10(5-2,14-3)9-12-8(6-7-11)15-13-9/h4-7H2,1-3H3. The van der Waals surface area contributed by atoms with E-state index < -0.39 is 5.60 Å². The third kappa shape index (κ3) is 2.49. The fourth-order valence-electron chi connectivity index (χ4n) is 1.57. The molecule has 1 rings (SSSR count). The molecule has 0 atom stereocenters. The lowest BCUT2D eigenvalue weighted by atomic mass is 9.96. The Bertz CT molecular complexity index is 289. The van der Waals surface area contributed by atoms with E-state index in [1.165, 1.54) is 0 Å². The van der Waals surface area contributed by atoms with Crippen LogP contribution in [0.25, 0.3) is 0 Å². The number of aryl methyl sites for hydroxylation is 1. The van der Waals surface area contributed by atoms with E-state index in [-0.39, 0.29) is 0 Å². The Kier molecular flexibility index (Phi) is 4.54. The van der Waals surface area contributed by atoms with Gasteiger partial charge in [0.25, 0.3) is 0 Å². The van der Waals surface area contributed by atoms with Crippen LogP contribution in [0.2, 0.25) is 0 Å². The van der Waals surface area contributed by atoms with Crippen LogP contribution in [0, 0.1) is 0 Å². The molecule has 1 heterocycles. The summed E-state index contributed by atoms with van der Waals surface area (Å²) in [6, 6.07) is 0. The Morgan fingerprint density at radius 1 is 1.40 bits per heavy atom. The molecule has 0 fully saturated rings. The highest BCUT2D eigenvalue weighted by Gasteiger charge is 2.33. The average Bonchev–Trinajstić information content (AvgIpc) is 2.71. The first-order chi connectivity index (χ1) is 7.22. The second kappa shape index (κ2) is 5.47. The molecular weight excluding hydrogens is 216 g/mol. The van der Waals surface area contributed by atoms with Crippen LogP contribution in [0.4, 0.5) is 0 Å². The maximum atomic E-state index is 5.60. The second-order valence-electron chi connectivity index (χ2n) is 3.36. The highest BCUT2D eigenvalue weighted by atomic mass is 35.5. The lowest BCUT2D eigenvalue weighted by molar-refractivity contribution is -0.0306. The van der Waals surface area contributed by atoms with Crippen molar-refractivity contribution in [3.63, 3.8) is 0 Å². The zero-order chi connectivity index (χ0) is 11.3. The molecule has 86 valence electrons. The van der Waals surface area contributed by atoms with Crippen molar-refractivity contribution in [2.75, 3.05) is 13.0 Å². The first kappa shape index (κ1) is 12.5. The van der Waals surface area contributed by atoms with E-state index >= 15 is 0 Å². The van der Waals surface area contributed by atoms with E-state index in [2.05, 4.69) is 10.1 Å². The SMILES string of the molecule is CCC(CC)(OC)c1noc(CCCl)n1. The van der Waals surface area contributed by atoms with Crippen LogP contribution in [0.3, 0.4) is 0 Å². The number of hydrogen-bond donors (Lipinski definition) is 0. The summed E-state index contributed by atoms with van der Waals surface area (Å²) < 4.78 is 10.6. The average molecular weight is 233 g/mol. The normalized spacial score (nSPS) is 12.0. The Morgan fingerprint density at radius 2 is 2.07 bits per heavy atom. The molecule has 5 heteroatoms. The molecule has 1 aromatic rings. The number of halogens is 1. The predicted octanol–water partition coefficient (Wildman–Crippen LogP) is 2.51. The summed E-state index contributed by atoms with van der Waals surface area (Å²) in [6.07, 6.45) is 2.24. The minimum atomic E-state index is -0.423. The number of methoxy groups -OCH3 is 1. The molecule has 0 bridgehead atoms. The van der Waals surface area contributed by atoms with Gasteiger partial charge in [0.05, 0.1) is 0 Å². The van der Waals surface area contributed by atoms with Crippen molar-refractivity contribution in [3.05, 3.63) is 11.7 Å². The maximum Gasteiger partial charge on any atom is 0.227 e. The van der Waals surface area contributed by atoms with Gasteiger partial charge in [0.15, 0.2) is 0 Å². The third-order valence-electron chi connectivity index (χ3n) is 2.72. The third-order valence-corrected chi connectivity index (χ3v) is 2.91. The van der Waals surface area contributed by atoms with Crippen molar-refractivity contribution in [1.82, 2.24) is 10.1 Å². The Labute approximate surface area is 95.0 Å². The van der Waals surface area contributed by atoms with Crippen LogP contribution in [-0.2, 0) is 16.8 Å². The molecule has 1 aromatic heterocycles. The first-order valence-electron chi connectivity index (χ1n) is 5.16. The lowest BCUT2D eigenvalue weighted by Crippen LogP contribution is -2.28. The van der Waals surface area contributed by atoms with E-state index in [1.807, 2.05) is 13.8 Å². The molecule has 4 nitrogen and oxygen atoms in total. The van der Waals surface area contributed by atoms with Gasteiger partial charge in [-0.25, -0.2) is 0 Å². The van der Waals surface area contributed by atoms with E-state index in [0.29, 0.717) is 24.0 Å². The van der Waals surface area contributed by atoms with Crippen LogP contribution in [0.5, 0.6) is 0 Å². The zero-order valence-electron chi connectivity index (χ0n) is 9.42. The van der Waals surface area contributed by atoms with Crippen LogP contribution in [0.1, 0.15) is 38.4 Å². The molecule has 0 aliphatic heterocycles. The Morgan fingerprint density at radius 3 is 2.53 bits per heavy atom. The molecule has 0 saturated heterocycles. The quantitative estimate of drug-likeness (QED) is 0.708. The van der Waals surface area contributed by atoms with E-state index in [0.717, 1.165) is 12.8 Å². The minimum absolute atomic E-state index is 0.423. The number of rotatable bonds is 6. The molecule has 0 saturated carbocycles. The van der Waals surface area contributed by atoms with Gasteiger partial charge in [-0.1, -0.05) is 19.0 Å². The van der Waals surface area contributed by atoms with E-state index in [1.54, 1.807) is 7.11 Å². The zero-order valence-corrected chi connectivity index (χ0v) is 10.2. The van der Waals surface area contributed by atoms with Gasteiger partial charge < -0.3 is 9.26 Å². The molecule has 0 N–H and O–H groups in total. The monoisotopic (exact) mass is 232 g/mol. The summed E-state index contributed by atoms with van der Waals surface area (Å²) >= 11 is 5.60. The number of alkyl halides is 1. The van der Waals surface area contributed by atoms with Gasteiger partial charge in [0.1, 0.15) is 5.60 Å². The van der Waals surface area contributed by atoms with Crippen LogP contribution in [0.15, 0.2) is 4.52 Å². The Hall–Kier alpha value is -0.610. The van der Waals surface area contributed by atoms with Crippen molar-refractivity contribution < 1.29 is 9.26 Å². The van der Waals surface area contributed by atoms with Gasteiger partial charge in [0.2, 0.25) is 11.7 Å². The Balaban J connectivity index is 2.91. The van der Waals surface area contributed by atoms with Gasteiger partial charge in [-0.15, -0.1) is 11.6 Å². The number of aromatic nitrogens is 2. The summed E-state index contributed by atoms with van der Waals surface area (Å²) in [5.41, 5.74) is -0.423. The van der Waals surface area contributed by atoms with Crippen molar-refractivity contribution >= 4 is 11.6 Å². The summed E-state index contributed by atoms with van der Waals surface area (Å²) in [5, 5.41) is 3.95. The molecular formula is C10H17ClN2O2. The minimum Gasteiger partial charge on any atom is -0.370 e. The fraction of sp³-hybridized carbons (Fsp3) is 0.800. The van der Waals surface area contributed by atoms with Crippen LogP contribution in [-0.4, -0.2) is 23.1 Å². The number of nitrogens with zero attached hydrogens (tertiary/aromatic N) is 2. The summed E-state index contributed by atoms with van der Waals surface area (Å²) in [5.74, 6) is 1.68. The topological polar surface area (TPSA) is 48.2 Å². The van der Waals surface area contributed by atoms with Crippen molar-refractivity contribution in [3.8, 4) is 0 Å². The van der Waals surface area contributed by atoms with Crippen molar-refractivity contribution in [1.29, 1.82) is 0 Å². The van der Waals surface area contributed by atoms with Gasteiger partial charge in [0, 0.05) is 19.4 Å². The van der Waals surface area contributed by atoms with E-state index in [9.17, 15) is 0 Å². The second-order valence-corrected chi connectivity index (χ2v) is 3.73. The first-order valence-corrected chi connectivity index (χ1v) is 5.70. The molecule has 15 heavy (non-hydrogen) atoms. The molecule has 0 aromatic carbocycles. The largest absolute Gasteiger partial charge is 0.370 e. The van der Waals surface area contributed by atoms with Gasteiger partial charge in [-0.2, -0.15) is 4.98 Å². The maximum absolute atomic E-state index is 5.60. The highest BCUT2D eigenvalue weighted by molar-refractivity contribution is 6.17. The molecule has 0 aliphatic carbocycles. The van der Waals surface area contributed by atoms with Crippen molar-refractivity contribution in [2.24, 2.45) is 0 Å². The molecule has 0 spiro atoms. The van der Waals surface area contributed by atoms with Gasteiger partial charge in [-0.3, -0.25) is 0 Å². The molecule has 0 radical (unpaired) electrons. The van der Waals surface area contributed by atoms with Crippen LogP contribution < -0.4 is 0 Å². The van der Waals surface area contributed by atoms with Gasteiger partial charge >= 0.3 is 0 Å². The summed E-state index contributed by atoms with van der Waals surface area (Å²) in [4.78, 5) is 4.30. The van der Waals surface area contributed by atoms with Crippen molar-refractivity contribution in [2.45, 2.75) is 38.7 Å². The number of ether oxygens (including phenoxy) is 1. The smallest absolute Gasteiger partial charge is 0.227 e. The molecule has 0 aliphatic rings. The summed E-state index contributed by atoms with van der Waals surface area (Å²) in [7, 11) is 1.67. The fourth-order valence-corrected chi connectivity index (χ4v) is 1.73. The van der Waals surface area contributed by atoms with E-state index in [4.69, 9.17) is 20.9 Å². The predicted molar refractivity (Wildman–Crippen MR) is 58.0 cm³/mol. The van der Waals surface area contributed by atoms with Gasteiger partial charge in [-0.05, 0) is 12.8 Å². The van der Waals surface area contributed by atoms with Crippen LogP contribution >= 0.6 is 11.6 Å². The summed E-state index contributed by atoms with van der Waals surface area (Å²) in [6.45, 7) is 4.09.